The maximum atomic E-state index is 14.2. The number of phenolic OH excluding ortho intramolecular Hbond substituents is 1. The summed E-state index contributed by atoms with van der Waals surface area (Å²) in [7, 11) is 0. The van der Waals surface area contributed by atoms with Crippen molar-refractivity contribution < 1.29 is 29.0 Å². The molecule has 1 aromatic carbocycles. The highest BCUT2D eigenvalue weighted by Gasteiger charge is 2.44. The molecule has 2 atom stereocenters. The molecule has 0 aliphatic heterocycles. The van der Waals surface area contributed by atoms with Crippen LogP contribution in [0.15, 0.2) is 18.2 Å². The van der Waals surface area contributed by atoms with E-state index in [4.69, 9.17) is 10.5 Å². The number of alkyl carbamates (subject to hydrolysis) is 1. The van der Waals surface area contributed by atoms with Crippen LogP contribution in [-0.4, -0.2) is 57.5 Å². The van der Waals surface area contributed by atoms with Crippen LogP contribution in [0.4, 0.5) is 4.79 Å². The number of carbonyl (C=O) groups is 4. The molecule has 0 saturated heterocycles. The summed E-state index contributed by atoms with van der Waals surface area (Å²) in [6.07, 6.45) is 0.961. The zero-order chi connectivity index (χ0) is 29.3. The molecule has 5 N–H and O–H groups in total. The fourth-order valence-electron chi connectivity index (χ4n) is 3.89. The van der Waals surface area contributed by atoms with Crippen LogP contribution >= 0.6 is 0 Å². The third-order valence-corrected chi connectivity index (χ3v) is 6.32. The molecule has 0 bridgehead atoms. The molecule has 0 aliphatic carbocycles. The Bertz CT molecular complexity index is 986. The second kappa shape index (κ2) is 14.0. The van der Waals surface area contributed by atoms with Crippen molar-refractivity contribution in [1.82, 2.24) is 15.5 Å². The lowest BCUT2D eigenvalue weighted by Gasteiger charge is -2.44. The lowest BCUT2D eigenvalue weighted by atomic mass is 9.90. The van der Waals surface area contributed by atoms with E-state index in [2.05, 4.69) is 10.6 Å². The van der Waals surface area contributed by atoms with Gasteiger partial charge in [0.05, 0.1) is 0 Å². The van der Waals surface area contributed by atoms with Crippen molar-refractivity contribution in [1.29, 1.82) is 0 Å². The smallest absolute Gasteiger partial charge is 0.408 e. The van der Waals surface area contributed by atoms with Gasteiger partial charge in [-0.1, -0.05) is 38.5 Å². The summed E-state index contributed by atoms with van der Waals surface area (Å²) < 4.78 is 5.35. The number of rotatable bonds is 13. The largest absolute Gasteiger partial charge is 0.507 e. The van der Waals surface area contributed by atoms with E-state index in [1.807, 2.05) is 27.7 Å². The minimum Gasteiger partial charge on any atom is -0.507 e. The van der Waals surface area contributed by atoms with Crippen molar-refractivity contribution in [2.45, 2.75) is 111 Å². The summed E-state index contributed by atoms with van der Waals surface area (Å²) in [6.45, 7) is 14.7. The van der Waals surface area contributed by atoms with Crippen molar-refractivity contribution in [2.24, 2.45) is 5.73 Å². The molecule has 1 rings (SSSR count). The van der Waals surface area contributed by atoms with Crippen LogP contribution in [0.1, 0.15) is 97.7 Å². The first-order valence-electron chi connectivity index (χ1n) is 13.2. The van der Waals surface area contributed by atoms with Crippen molar-refractivity contribution in [3.05, 3.63) is 29.3 Å². The van der Waals surface area contributed by atoms with E-state index in [-0.39, 0.29) is 24.2 Å². The summed E-state index contributed by atoms with van der Waals surface area (Å²) in [4.78, 5) is 53.6. The molecule has 4 amide bonds. The van der Waals surface area contributed by atoms with Gasteiger partial charge >= 0.3 is 6.09 Å². The molecule has 1 aromatic rings. The first kappa shape index (κ1) is 32.7. The molecule has 0 aliphatic rings. The number of benzene rings is 1. The van der Waals surface area contributed by atoms with Crippen molar-refractivity contribution >= 4 is 23.8 Å². The first-order valence-corrected chi connectivity index (χ1v) is 13.2. The number of ether oxygens (including phenoxy) is 1. The molecule has 0 radical (unpaired) electrons. The number of nitrogens with zero attached hydrogens (tertiary/aromatic N) is 1. The zero-order valence-corrected chi connectivity index (χ0v) is 24.1. The minimum atomic E-state index is -1.21. The second-order valence-corrected chi connectivity index (χ2v) is 11.1. The standard InChI is InChI=1S/C28H46N4O6/c1-9-11-17-30-24(35)22(19-14-12-13-18(3)23(19)34)32(28(7,8)10-2)25(36)20(15-16-21(29)33)31-26(37)38-27(4,5)6/h12-14,20,22,34H,9-11,15-17H2,1-8H3,(H2,29,33)(H,30,35)(H,31,37). The van der Waals surface area contributed by atoms with Gasteiger partial charge in [-0.3, -0.25) is 14.4 Å². The quantitative estimate of drug-likeness (QED) is 0.282. The number of aromatic hydroxyl groups is 1. The maximum absolute atomic E-state index is 14.2. The normalized spacial score (nSPS) is 13.3. The van der Waals surface area contributed by atoms with Crippen LogP contribution in [0.25, 0.3) is 0 Å². The number of aryl methyl sites for hydroxylation is 1. The van der Waals surface area contributed by atoms with E-state index in [0.29, 0.717) is 18.5 Å². The molecule has 0 saturated carbocycles. The summed E-state index contributed by atoms with van der Waals surface area (Å²) in [6, 6.07) is 2.62. The van der Waals surface area contributed by atoms with Gasteiger partial charge < -0.3 is 31.1 Å². The van der Waals surface area contributed by atoms with E-state index in [9.17, 15) is 24.3 Å². The zero-order valence-electron chi connectivity index (χ0n) is 24.1. The highest BCUT2D eigenvalue weighted by Crippen LogP contribution is 2.37. The Hall–Kier alpha value is -3.30. The van der Waals surface area contributed by atoms with Gasteiger partial charge in [0, 0.05) is 24.1 Å². The number of hydrogen-bond donors (Lipinski definition) is 4. The van der Waals surface area contributed by atoms with Crippen LogP contribution in [0.3, 0.4) is 0 Å². The Balaban J connectivity index is 3.69. The van der Waals surface area contributed by atoms with Gasteiger partial charge in [0.15, 0.2) is 0 Å². The highest BCUT2D eigenvalue weighted by atomic mass is 16.6. The Morgan fingerprint density at radius 1 is 1.11 bits per heavy atom. The summed E-state index contributed by atoms with van der Waals surface area (Å²) in [5.74, 6) is -1.79. The summed E-state index contributed by atoms with van der Waals surface area (Å²) in [5.41, 5.74) is 4.46. The van der Waals surface area contributed by atoms with E-state index in [1.54, 1.807) is 45.9 Å². The lowest BCUT2D eigenvalue weighted by Crippen LogP contribution is -2.59. The molecular weight excluding hydrogens is 488 g/mol. The van der Waals surface area contributed by atoms with Crippen molar-refractivity contribution in [2.75, 3.05) is 6.54 Å². The van der Waals surface area contributed by atoms with Gasteiger partial charge in [0.1, 0.15) is 23.4 Å². The van der Waals surface area contributed by atoms with Crippen LogP contribution < -0.4 is 16.4 Å². The van der Waals surface area contributed by atoms with E-state index < -0.39 is 47.0 Å². The molecule has 10 nitrogen and oxygen atoms in total. The Labute approximate surface area is 226 Å². The van der Waals surface area contributed by atoms with E-state index in [0.717, 1.165) is 12.8 Å². The molecular formula is C28H46N4O6. The monoisotopic (exact) mass is 534 g/mol. The lowest BCUT2D eigenvalue weighted by molar-refractivity contribution is -0.149. The Morgan fingerprint density at radius 3 is 2.26 bits per heavy atom. The maximum Gasteiger partial charge on any atom is 0.408 e. The molecule has 0 aromatic heterocycles. The van der Waals surface area contributed by atoms with Gasteiger partial charge in [0.25, 0.3) is 0 Å². The minimum absolute atomic E-state index is 0.0896. The topological polar surface area (TPSA) is 151 Å². The molecule has 0 spiro atoms. The number of primary amides is 1. The number of nitrogens with one attached hydrogen (secondary N) is 2. The summed E-state index contributed by atoms with van der Waals surface area (Å²) >= 11 is 0. The SMILES string of the molecule is CCCCNC(=O)C(c1cccc(C)c1O)N(C(=O)C(CCC(N)=O)NC(=O)OC(C)(C)C)C(C)(C)CC. The van der Waals surface area contributed by atoms with Crippen LogP contribution in [0, 0.1) is 6.92 Å². The van der Waals surface area contributed by atoms with Gasteiger partial charge in [-0.25, -0.2) is 4.79 Å². The molecule has 38 heavy (non-hydrogen) atoms. The number of phenols is 1. The number of nitrogens with two attached hydrogens (primary N) is 1. The van der Waals surface area contributed by atoms with Crippen molar-refractivity contribution in [3.8, 4) is 5.75 Å². The number of amides is 4. The highest BCUT2D eigenvalue weighted by molar-refractivity contribution is 5.93. The van der Waals surface area contributed by atoms with Crippen molar-refractivity contribution in [3.63, 3.8) is 0 Å². The van der Waals surface area contributed by atoms with Gasteiger partial charge in [0.2, 0.25) is 17.7 Å². The first-order chi connectivity index (χ1) is 17.6. The van der Waals surface area contributed by atoms with Crippen LogP contribution in [-0.2, 0) is 19.1 Å². The predicted molar refractivity (Wildman–Crippen MR) is 146 cm³/mol. The molecule has 0 fully saturated rings. The van der Waals surface area contributed by atoms with Crippen LogP contribution in [0.2, 0.25) is 0 Å². The number of hydrogen-bond acceptors (Lipinski definition) is 6. The second-order valence-electron chi connectivity index (χ2n) is 11.1. The summed E-state index contributed by atoms with van der Waals surface area (Å²) in [5, 5.41) is 16.4. The Morgan fingerprint density at radius 2 is 1.74 bits per heavy atom. The van der Waals surface area contributed by atoms with Gasteiger partial charge in [-0.05, 0) is 66.4 Å². The van der Waals surface area contributed by atoms with E-state index >= 15 is 0 Å². The number of para-hydroxylation sites is 1. The third kappa shape index (κ3) is 9.54. The number of unbranched alkanes of at least 4 members (excludes halogenated alkanes) is 1. The van der Waals surface area contributed by atoms with Crippen LogP contribution in [0.5, 0.6) is 5.75 Å². The molecule has 0 heterocycles. The molecule has 2 unspecified atom stereocenters. The Kier molecular flexibility index (Phi) is 12.1. The van der Waals surface area contributed by atoms with Gasteiger partial charge in [-0.2, -0.15) is 0 Å². The average Bonchev–Trinajstić information content (AvgIpc) is 2.80. The molecule has 10 heteroatoms. The fraction of sp³-hybridized carbons (Fsp3) is 0.643. The molecule has 214 valence electrons. The van der Waals surface area contributed by atoms with Gasteiger partial charge in [-0.15, -0.1) is 0 Å². The number of carbonyl (C=O) groups excluding carboxylic acids is 4. The van der Waals surface area contributed by atoms with E-state index in [1.165, 1.54) is 4.90 Å². The fourth-order valence-corrected chi connectivity index (χ4v) is 3.89. The average molecular weight is 535 g/mol. The predicted octanol–water partition coefficient (Wildman–Crippen LogP) is 3.83. The third-order valence-electron chi connectivity index (χ3n) is 6.32.